The average Bonchev–Trinajstić information content (AvgIpc) is 2.33. The van der Waals surface area contributed by atoms with Crippen LogP contribution in [0, 0.1) is 5.82 Å². The van der Waals surface area contributed by atoms with Crippen LogP contribution in [0.1, 0.15) is 24.3 Å². The van der Waals surface area contributed by atoms with Gasteiger partial charge in [0.15, 0.2) is 11.6 Å². The minimum atomic E-state index is -0.333. The Bertz CT molecular complexity index is 378. The number of rotatable bonds is 2. The van der Waals surface area contributed by atoms with Gasteiger partial charge in [-0.15, -0.1) is 0 Å². The SMILES string of the molecule is COc1c(F)ccc(Cl)c1C1CCNCC1. The van der Waals surface area contributed by atoms with Crippen molar-refractivity contribution in [1.82, 2.24) is 5.32 Å². The Balaban J connectivity index is 2.40. The monoisotopic (exact) mass is 243 g/mol. The van der Waals surface area contributed by atoms with Crippen molar-refractivity contribution in [3.8, 4) is 5.75 Å². The van der Waals surface area contributed by atoms with Gasteiger partial charge >= 0.3 is 0 Å². The summed E-state index contributed by atoms with van der Waals surface area (Å²) in [6.45, 7) is 1.89. The van der Waals surface area contributed by atoms with Crippen LogP contribution in [0.2, 0.25) is 5.02 Å². The van der Waals surface area contributed by atoms with Crippen LogP contribution in [0.25, 0.3) is 0 Å². The van der Waals surface area contributed by atoms with Gasteiger partial charge in [0, 0.05) is 10.6 Å². The third kappa shape index (κ3) is 2.15. The van der Waals surface area contributed by atoms with Crippen molar-refractivity contribution in [2.24, 2.45) is 0 Å². The van der Waals surface area contributed by atoms with Crippen molar-refractivity contribution < 1.29 is 9.13 Å². The maximum absolute atomic E-state index is 13.6. The van der Waals surface area contributed by atoms with E-state index in [-0.39, 0.29) is 5.82 Å². The molecular weight excluding hydrogens is 229 g/mol. The van der Waals surface area contributed by atoms with Crippen molar-refractivity contribution in [3.05, 3.63) is 28.5 Å². The highest BCUT2D eigenvalue weighted by Gasteiger charge is 2.23. The second kappa shape index (κ2) is 5.02. The molecule has 0 aromatic heterocycles. The number of ether oxygens (including phenoxy) is 1. The normalized spacial score (nSPS) is 17.4. The van der Waals surface area contributed by atoms with Crippen molar-refractivity contribution in [1.29, 1.82) is 0 Å². The molecule has 1 heterocycles. The Morgan fingerprint density at radius 1 is 1.38 bits per heavy atom. The molecule has 1 N–H and O–H groups in total. The quantitative estimate of drug-likeness (QED) is 0.862. The largest absolute Gasteiger partial charge is 0.493 e. The minimum Gasteiger partial charge on any atom is -0.493 e. The molecule has 88 valence electrons. The molecule has 1 fully saturated rings. The number of nitrogens with one attached hydrogen (secondary N) is 1. The number of benzene rings is 1. The number of piperidine rings is 1. The fourth-order valence-corrected chi connectivity index (χ4v) is 2.55. The lowest BCUT2D eigenvalue weighted by molar-refractivity contribution is 0.368. The van der Waals surface area contributed by atoms with Crippen LogP contribution in [-0.2, 0) is 0 Å². The van der Waals surface area contributed by atoms with Gasteiger partial charge in [-0.05, 0) is 44.0 Å². The lowest BCUT2D eigenvalue weighted by Crippen LogP contribution is -2.27. The fourth-order valence-electron chi connectivity index (χ4n) is 2.25. The standard InChI is InChI=1S/C12H15ClFNO/c1-16-12-10(14)3-2-9(13)11(12)8-4-6-15-7-5-8/h2-3,8,15H,4-7H2,1H3. The van der Waals surface area contributed by atoms with E-state index in [9.17, 15) is 4.39 Å². The van der Waals surface area contributed by atoms with E-state index in [4.69, 9.17) is 16.3 Å². The van der Waals surface area contributed by atoms with Crippen LogP contribution in [0.15, 0.2) is 12.1 Å². The van der Waals surface area contributed by atoms with E-state index >= 15 is 0 Å². The van der Waals surface area contributed by atoms with Gasteiger partial charge in [0.05, 0.1) is 7.11 Å². The molecule has 1 aliphatic rings. The third-order valence-corrected chi connectivity index (χ3v) is 3.38. The second-order valence-electron chi connectivity index (χ2n) is 4.00. The molecule has 4 heteroatoms. The summed E-state index contributed by atoms with van der Waals surface area (Å²) in [4.78, 5) is 0. The van der Waals surface area contributed by atoms with Gasteiger partial charge in [-0.25, -0.2) is 4.39 Å². The number of methoxy groups -OCH3 is 1. The van der Waals surface area contributed by atoms with Crippen LogP contribution in [0.4, 0.5) is 4.39 Å². The second-order valence-corrected chi connectivity index (χ2v) is 4.41. The summed E-state index contributed by atoms with van der Waals surface area (Å²) in [7, 11) is 1.49. The highest BCUT2D eigenvalue weighted by atomic mass is 35.5. The first kappa shape index (κ1) is 11.7. The van der Waals surface area contributed by atoms with Crippen LogP contribution in [0.5, 0.6) is 5.75 Å². The van der Waals surface area contributed by atoms with Crippen molar-refractivity contribution in [2.45, 2.75) is 18.8 Å². The lowest BCUT2D eigenvalue weighted by atomic mass is 9.89. The van der Waals surface area contributed by atoms with Gasteiger partial charge in [0.25, 0.3) is 0 Å². The molecule has 16 heavy (non-hydrogen) atoms. The summed E-state index contributed by atoms with van der Waals surface area (Å²) in [6, 6.07) is 2.96. The van der Waals surface area contributed by atoms with Gasteiger partial charge in [0.1, 0.15) is 0 Å². The summed E-state index contributed by atoms with van der Waals surface area (Å²) < 4.78 is 18.7. The molecule has 0 spiro atoms. The molecule has 1 aromatic carbocycles. The van der Waals surface area contributed by atoms with Gasteiger partial charge in [-0.2, -0.15) is 0 Å². The highest BCUT2D eigenvalue weighted by molar-refractivity contribution is 6.31. The van der Waals surface area contributed by atoms with E-state index in [1.54, 1.807) is 6.07 Å². The molecule has 0 amide bonds. The highest BCUT2D eigenvalue weighted by Crippen LogP contribution is 2.39. The Labute approximate surface area is 99.7 Å². The first-order chi connectivity index (χ1) is 7.74. The summed E-state index contributed by atoms with van der Waals surface area (Å²) in [5.74, 6) is 0.263. The molecule has 0 saturated carbocycles. The molecule has 0 bridgehead atoms. The molecule has 1 aliphatic heterocycles. The molecule has 0 radical (unpaired) electrons. The summed E-state index contributed by atoms with van der Waals surface area (Å²) in [5.41, 5.74) is 0.825. The smallest absolute Gasteiger partial charge is 0.165 e. The average molecular weight is 244 g/mol. The molecule has 1 saturated heterocycles. The number of hydrogen-bond donors (Lipinski definition) is 1. The predicted molar refractivity (Wildman–Crippen MR) is 62.8 cm³/mol. The Hall–Kier alpha value is -0.800. The molecule has 0 aliphatic carbocycles. The Kier molecular flexibility index (Phi) is 3.66. The molecule has 1 aromatic rings. The molecule has 0 unspecified atom stereocenters. The zero-order chi connectivity index (χ0) is 11.5. The molecule has 0 atom stereocenters. The topological polar surface area (TPSA) is 21.3 Å². The van der Waals surface area contributed by atoms with E-state index in [2.05, 4.69) is 5.32 Å². The predicted octanol–water partition coefficient (Wildman–Crippen LogP) is 2.95. The van der Waals surface area contributed by atoms with Gasteiger partial charge < -0.3 is 10.1 Å². The van der Waals surface area contributed by atoms with Crippen molar-refractivity contribution in [3.63, 3.8) is 0 Å². The summed E-state index contributed by atoms with van der Waals surface area (Å²) in [6.07, 6.45) is 1.94. The van der Waals surface area contributed by atoms with E-state index in [1.165, 1.54) is 13.2 Å². The minimum absolute atomic E-state index is 0.291. The zero-order valence-corrected chi connectivity index (χ0v) is 9.98. The summed E-state index contributed by atoms with van der Waals surface area (Å²) in [5, 5.41) is 3.88. The zero-order valence-electron chi connectivity index (χ0n) is 9.22. The Morgan fingerprint density at radius 2 is 2.06 bits per heavy atom. The molecular formula is C12H15ClFNO. The van der Waals surface area contributed by atoms with Gasteiger partial charge in [-0.1, -0.05) is 11.6 Å². The number of halogens is 2. The van der Waals surface area contributed by atoms with Crippen LogP contribution in [-0.4, -0.2) is 20.2 Å². The maximum Gasteiger partial charge on any atom is 0.165 e. The van der Waals surface area contributed by atoms with E-state index < -0.39 is 0 Å². The summed E-state index contributed by atoms with van der Waals surface area (Å²) >= 11 is 6.15. The van der Waals surface area contributed by atoms with Crippen LogP contribution < -0.4 is 10.1 Å². The van der Waals surface area contributed by atoms with Gasteiger partial charge in [-0.3, -0.25) is 0 Å². The van der Waals surface area contributed by atoms with Crippen LogP contribution >= 0.6 is 11.6 Å². The Morgan fingerprint density at radius 3 is 2.69 bits per heavy atom. The van der Waals surface area contributed by atoms with E-state index in [1.807, 2.05) is 0 Å². The third-order valence-electron chi connectivity index (χ3n) is 3.05. The first-order valence-corrected chi connectivity index (χ1v) is 5.84. The molecule has 2 rings (SSSR count). The van der Waals surface area contributed by atoms with E-state index in [0.29, 0.717) is 16.7 Å². The van der Waals surface area contributed by atoms with Crippen molar-refractivity contribution in [2.75, 3.05) is 20.2 Å². The molecule has 2 nitrogen and oxygen atoms in total. The van der Waals surface area contributed by atoms with Crippen molar-refractivity contribution >= 4 is 11.6 Å². The lowest BCUT2D eigenvalue weighted by Gasteiger charge is -2.25. The first-order valence-electron chi connectivity index (χ1n) is 5.46. The maximum atomic E-state index is 13.6. The van der Waals surface area contributed by atoms with Crippen LogP contribution in [0.3, 0.4) is 0 Å². The van der Waals surface area contributed by atoms with E-state index in [0.717, 1.165) is 31.5 Å². The fraction of sp³-hybridized carbons (Fsp3) is 0.500. The van der Waals surface area contributed by atoms with Gasteiger partial charge in [0.2, 0.25) is 0 Å². The number of hydrogen-bond acceptors (Lipinski definition) is 2.